The van der Waals surface area contributed by atoms with Crippen molar-refractivity contribution in [1.82, 2.24) is 4.98 Å². The largest absolute Gasteiger partial charge is 0.465 e. The van der Waals surface area contributed by atoms with Gasteiger partial charge in [-0.1, -0.05) is 36.4 Å². The van der Waals surface area contributed by atoms with Crippen LogP contribution >= 0.6 is 0 Å². The fraction of sp³-hybridized carbons (Fsp3) is 0.0625. The van der Waals surface area contributed by atoms with Crippen LogP contribution in [0.25, 0.3) is 5.57 Å². The third kappa shape index (κ3) is 2.73. The minimum absolute atomic E-state index is 0.0580. The van der Waals surface area contributed by atoms with Gasteiger partial charge in [0, 0.05) is 11.8 Å². The molecule has 0 bridgehead atoms. The van der Waals surface area contributed by atoms with E-state index in [1.54, 1.807) is 24.4 Å². The fourth-order valence-corrected chi connectivity index (χ4v) is 1.84. The average Bonchev–Trinajstić information content (AvgIpc) is 2.53. The van der Waals surface area contributed by atoms with Crippen LogP contribution in [0.15, 0.2) is 60.3 Å². The summed E-state index contributed by atoms with van der Waals surface area (Å²) in [5.74, 6) is -0.669. The standard InChI is InChI=1S/C16H12N2O2/c1-20-16(19)13(11-17)15(12-7-3-2-4-8-12)14-9-5-6-10-18-14/h2-10H,1H3/b15-13+. The number of nitriles is 1. The van der Waals surface area contributed by atoms with Crippen LogP contribution in [0.5, 0.6) is 0 Å². The van der Waals surface area contributed by atoms with Crippen molar-refractivity contribution in [2.24, 2.45) is 0 Å². The van der Waals surface area contributed by atoms with E-state index in [0.29, 0.717) is 11.3 Å². The lowest BCUT2D eigenvalue weighted by Crippen LogP contribution is -2.07. The number of benzene rings is 1. The molecule has 0 saturated heterocycles. The zero-order chi connectivity index (χ0) is 14.4. The third-order valence-electron chi connectivity index (χ3n) is 2.73. The van der Waals surface area contributed by atoms with E-state index in [0.717, 1.165) is 5.56 Å². The van der Waals surface area contributed by atoms with Crippen molar-refractivity contribution in [3.05, 3.63) is 71.6 Å². The Bertz CT molecular complexity index is 629. The molecular formula is C16H12N2O2. The van der Waals surface area contributed by atoms with Crippen molar-refractivity contribution in [2.75, 3.05) is 7.11 Å². The van der Waals surface area contributed by atoms with Gasteiger partial charge in [0.25, 0.3) is 0 Å². The number of hydrogen-bond acceptors (Lipinski definition) is 4. The second-order valence-corrected chi connectivity index (χ2v) is 3.93. The molecule has 4 nitrogen and oxygen atoms in total. The Labute approximate surface area is 117 Å². The lowest BCUT2D eigenvalue weighted by Gasteiger charge is -2.09. The molecule has 0 fully saturated rings. The topological polar surface area (TPSA) is 63.0 Å². The molecule has 2 aromatic rings. The van der Waals surface area contributed by atoms with E-state index in [1.165, 1.54) is 7.11 Å². The molecule has 0 spiro atoms. The number of hydrogen-bond donors (Lipinski definition) is 0. The fourth-order valence-electron chi connectivity index (χ4n) is 1.84. The van der Waals surface area contributed by atoms with Gasteiger partial charge >= 0.3 is 5.97 Å². The van der Waals surface area contributed by atoms with Crippen LogP contribution < -0.4 is 0 Å². The summed E-state index contributed by atoms with van der Waals surface area (Å²) in [6.45, 7) is 0. The van der Waals surface area contributed by atoms with Crippen LogP contribution in [-0.2, 0) is 9.53 Å². The maximum Gasteiger partial charge on any atom is 0.349 e. The maximum atomic E-state index is 11.8. The van der Waals surface area contributed by atoms with Crippen LogP contribution in [-0.4, -0.2) is 18.1 Å². The molecule has 1 aromatic carbocycles. The van der Waals surface area contributed by atoms with E-state index in [1.807, 2.05) is 36.4 Å². The van der Waals surface area contributed by atoms with E-state index in [4.69, 9.17) is 0 Å². The lowest BCUT2D eigenvalue weighted by molar-refractivity contribution is -0.135. The summed E-state index contributed by atoms with van der Waals surface area (Å²) in [5.41, 5.74) is 1.71. The number of pyridine rings is 1. The number of nitrogens with zero attached hydrogens (tertiary/aromatic N) is 2. The Morgan fingerprint density at radius 2 is 1.85 bits per heavy atom. The highest BCUT2D eigenvalue weighted by Gasteiger charge is 2.19. The molecule has 0 atom stereocenters. The molecule has 0 radical (unpaired) electrons. The summed E-state index contributed by atoms with van der Waals surface area (Å²) in [6.07, 6.45) is 1.62. The molecule has 2 rings (SSSR count). The van der Waals surface area contributed by atoms with E-state index in [2.05, 4.69) is 9.72 Å². The summed E-state index contributed by atoms with van der Waals surface area (Å²) in [4.78, 5) is 16.0. The Balaban J connectivity index is 2.71. The minimum Gasteiger partial charge on any atom is -0.465 e. The highest BCUT2D eigenvalue weighted by atomic mass is 16.5. The Morgan fingerprint density at radius 1 is 1.15 bits per heavy atom. The van der Waals surface area contributed by atoms with Gasteiger partial charge in [-0.05, 0) is 17.7 Å². The van der Waals surface area contributed by atoms with Crippen LogP contribution in [0, 0.1) is 11.3 Å². The van der Waals surface area contributed by atoms with E-state index >= 15 is 0 Å². The molecule has 0 unspecified atom stereocenters. The van der Waals surface area contributed by atoms with Crippen LogP contribution in [0.2, 0.25) is 0 Å². The van der Waals surface area contributed by atoms with Crippen molar-refractivity contribution in [2.45, 2.75) is 0 Å². The van der Waals surface area contributed by atoms with Crippen LogP contribution in [0.3, 0.4) is 0 Å². The molecular weight excluding hydrogens is 252 g/mol. The maximum absolute atomic E-state index is 11.8. The quantitative estimate of drug-likeness (QED) is 0.485. The number of esters is 1. The number of ether oxygens (including phenoxy) is 1. The predicted octanol–water partition coefficient (Wildman–Crippen LogP) is 2.58. The molecule has 4 heteroatoms. The van der Waals surface area contributed by atoms with Gasteiger partial charge in [0.15, 0.2) is 0 Å². The SMILES string of the molecule is COC(=O)/C(C#N)=C(\c1ccccc1)c1ccccn1. The predicted molar refractivity (Wildman–Crippen MR) is 74.3 cm³/mol. The molecule has 0 aliphatic rings. The van der Waals surface area contributed by atoms with E-state index in [-0.39, 0.29) is 5.57 Å². The Morgan fingerprint density at radius 3 is 2.40 bits per heavy atom. The van der Waals surface area contributed by atoms with Gasteiger partial charge in [-0.25, -0.2) is 4.79 Å². The van der Waals surface area contributed by atoms with Crippen molar-refractivity contribution in [1.29, 1.82) is 5.26 Å². The summed E-state index contributed by atoms with van der Waals surface area (Å²) >= 11 is 0. The van der Waals surface area contributed by atoms with Crippen molar-refractivity contribution < 1.29 is 9.53 Å². The van der Waals surface area contributed by atoms with Gasteiger partial charge in [-0.15, -0.1) is 0 Å². The van der Waals surface area contributed by atoms with Crippen LogP contribution in [0.1, 0.15) is 11.3 Å². The van der Waals surface area contributed by atoms with Gasteiger partial charge in [-0.2, -0.15) is 5.26 Å². The van der Waals surface area contributed by atoms with Crippen molar-refractivity contribution >= 4 is 11.5 Å². The highest BCUT2D eigenvalue weighted by molar-refractivity contribution is 6.04. The normalized spacial score (nSPS) is 11.2. The number of rotatable bonds is 3. The third-order valence-corrected chi connectivity index (χ3v) is 2.73. The summed E-state index contributed by atoms with van der Waals surface area (Å²) in [6, 6.07) is 16.4. The zero-order valence-corrected chi connectivity index (χ0v) is 10.9. The van der Waals surface area contributed by atoms with E-state index < -0.39 is 5.97 Å². The second-order valence-electron chi connectivity index (χ2n) is 3.93. The minimum atomic E-state index is -0.669. The molecule has 0 saturated carbocycles. The van der Waals surface area contributed by atoms with Gasteiger partial charge < -0.3 is 4.74 Å². The number of aromatic nitrogens is 1. The first-order valence-corrected chi connectivity index (χ1v) is 5.97. The molecule has 0 aliphatic heterocycles. The van der Waals surface area contributed by atoms with Gasteiger partial charge in [0.05, 0.1) is 12.8 Å². The Hall–Kier alpha value is -2.93. The van der Waals surface area contributed by atoms with Gasteiger partial charge in [-0.3, -0.25) is 4.98 Å². The smallest absolute Gasteiger partial charge is 0.349 e. The van der Waals surface area contributed by atoms with E-state index in [9.17, 15) is 10.1 Å². The zero-order valence-electron chi connectivity index (χ0n) is 10.9. The van der Waals surface area contributed by atoms with Crippen molar-refractivity contribution in [3.8, 4) is 6.07 Å². The second kappa shape index (κ2) is 6.30. The number of carbonyl (C=O) groups excluding carboxylic acids is 1. The molecule has 0 amide bonds. The average molecular weight is 264 g/mol. The Kier molecular flexibility index (Phi) is 4.25. The number of methoxy groups -OCH3 is 1. The first-order valence-electron chi connectivity index (χ1n) is 5.97. The van der Waals surface area contributed by atoms with Gasteiger partial charge in [0.2, 0.25) is 0 Å². The molecule has 20 heavy (non-hydrogen) atoms. The molecule has 98 valence electrons. The molecule has 1 heterocycles. The highest BCUT2D eigenvalue weighted by Crippen LogP contribution is 2.25. The summed E-state index contributed by atoms with van der Waals surface area (Å²) < 4.78 is 4.68. The summed E-state index contributed by atoms with van der Waals surface area (Å²) in [5, 5.41) is 9.28. The molecule has 1 aromatic heterocycles. The number of carbonyl (C=O) groups is 1. The first-order chi connectivity index (χ1) is 9.77. The van der Waals surface area contributed by atoms with Crippen LogP contribution in [0.4, 0.5) is 0 Å². The first kappa shape index (κ1) is 13.5. The monoisotopic (exact) mass is 264 g/mol. The van der Waals surface area contributed by atoms with Crippen molar-refractivity contribution in [3.63, 3.8) is 0 Å². The van der Waals surface area contributed by atoms with Gasteiger partial charge in [0.1, 0.15) is 11.6 Å². The summed E-state index contributed by atoms with van der Waals surface area (Å²) in [7, 11) is 1.25. The molecule has 0 aliphatic carbocycles. The lowest BCUT2D eigenvalue weighted by atomic mass is 9.97. The molecule has 0 N–H and O–H groups in total.